The molecule has 1 aliphatic heterocycles. The van der Waals surface area contributed by atoms with Gasteiger partial charge < -0.3 is 14.8 Å². The summed E-state index contributed by atoms with van der Waals surface area (Å²) in [5.41, 5.74) is 1.02. The molecule has 1 spiro atoms. The predicted octanol–water partition coefficient (Wildman–Crippen LogP) is 4.85. The van der Waals surface area contributed by atoms with Gasteiger partial charge in [0.25, 0.3) is 0 Å². The number of carbonyl (C=O) groups excluding carboxylic acids is 1. The third-order valence-corrected chi connectivity index (χ3v) is 6.82. The molecule has 1 heterocycles. The SMILES string of the molecule is C=CCC(C)(C(=O)NC1(c2ccccc2)CCC2(CC1)OCCO2)c1ccccc1. The molecule has 1 atom stereocenters. The van der Waals surface area contributed by atoms with Crippen LogP contribution in [-0.4, -0.2) is 24.9 Å². The van der Waals surface area contributed by atoms with Crippen molar-refractivity contribution < 1.29 is 14.3 Å². The summed E-state index contributed by atoms with van der Waals surface area (Å²) in [6.07, 6.45) is 5.50. The number of allylic oxidation sites excluding steroid dienone is 1. The number of benzene rings is 2. The average Bonchev–Trinajstić information content (AvgIpc) is 3.25. The molecular weight excluding hydrogens is 374 g/mol. The fourth-order valence-corrected chi connectivity index (χ4v) is 4.88. The van der Waals surface area contributed by atoms with Gasteiger partial charge in [0.1, 0.15) is 0 Å². The standard InChI is InChI=1S/C26H31NO3/c1-3-14-24(2,21-10-6-4-7-11-21)23(28)27-25(22-12-8-5-9-13-22)15-17-26(18-16-25)29-19-20-30-26/h3-13H,1,14-20H2,2H3,(H,27,28). The zero-order valence-corrected chi connectivity index (χ0v) is 17.7. The third-order valence-electron chi connectivity index (χ3n) is 6.82. The van der Waals surface area contributed by atoms with Gasteiger partial charge in [-0.05, 0) is 37.3 Å². The van der Waals surface area contributed by atoms with Gasteiger partial charge >= 0.3 is 0 Å². The average molecular weight is 406 g/mol. The Bertz CT molecular complexity index is 864. The predicted molar refractivity (Wildman–Crippen MR) is 118 cm³/mol. The molecule has 0 aromatic heterocycles. The lowest BCUT2D eigenvalue weighted by molar-refractivity contribution is -0.188. The van der Waals surface area contributed by atoms with Gasteiger partial charge in [0, 0.05) is 12.8 Å². The zero-order chi connectivity index (χ0) is 21.1. The molecule has 4 rings (SSSR count). The van der Waals surface area contributed by atoms with Gasteiger partial charge in [-0.3, -0.25) is 4.79 Å². The van der Waals surface area contributed by atoms with Crippen LogP contribution in [0.1, 0.15) is 50.2 Å². The van der Waals surface area contributed by atoms with Crippen molar-refractivity contribution in [2.24, 2.45) is 0 Å². The van der Waals surface area contributed by atoms with E-state index in [2.05, 4.69) is 24.0 Å². The second kappa shape index (κ2) is 8.37. The van der Waals surface area contributed by atoms with Crippen molar-refractivity contribution in [3.05, 3.63) is 84.4 Å². The summed E-state index contributed by atoms with van der Waals surface area (Å²) in [7, 11) is 0. The van der Waals surface area contributed by atoms with Crippen LogP contribution in [0.15, 0.2) is 73.3 Å². The van der Waals surface area contributed by atoms with Crippen molar-refractivity contribution >= 4 is 5.91 Å². The van der Waals surface area contributed by atoms with Gasteiger partial charge in [-0.15, -0.1) is 6.58 Å². The van der Waals surface area contributed by atoms with E-state index < -0.39 is 16.7 Å². The van der Waals surface area contributed by atoms with Crippen LogP contribution in [0.25, 0.3) is 0 Å². The highest BCUT2D eigenvalue weighted by atomic mass is 16.7. The summed E-state index contributed by atoms with van der Waals surface area (Å²) in [6, 6.07) is 20.3. The van der Waals surface area contributed by atoms with E-state index in [1.165, 1.54) is 0 Å². The van der Waals surface area contributed by atoms with Gasteiger partial charge in [0.05, 0.1) is 24.2 Å². The Morgan fingerprint density at radius 2 is 1.57 bits per heavy atom. The Balaban J connectivity index is 1.65. The minimum Gasteiger partial charge on any atom is -0.348 e. The van der Waals surface area contributed by atoms with Crippen molar-refractivity contribution in [2.45, 2.75) is 55.8 Å². The molecule has 4 heteroatoms. The summed E-state index contributed by atoms with van der Waals surface area (Å²) in [4.78, 5) is 13.8. The molecular formula is C26H31NO3. The number of ether oxygens (including phenoxy) is 2. The summed E-state index contributed by atoms with van der Waals surface area (Å²) in [5, 5.41) is 3.48. The second-order valence-electron chi connectivity index (χ2n) is 8.70. The smallest absolute Gasteiger partial charge is 0.231 e. The minimum atomic E-state index is -0.680. The van der Waals surface area contributed by atoms with Crippen LogP contribution in [0.5, 0.6) is 0 Å². The molecule has 1 saturated heterocycles. The lowest BCUT2D eigenvalue weighted by Gasteiger charge is -2.46. The summed E-state index contributed by atoms with van der Waals surface area (Å²) >= 11 is 0. The van der Waals surface area contributed by atoms with Crippen LogP contribution in [-0.2, 0) is 25.2 Å². The van der Waals surface area contributed by atoms with Crippen LogP contribution in [0.2, 0.25) is 0 Å². The van der Waals surface area contributed by atoms with Crippen LogP contribution in [0, 0.1) is 0 Å². The molecule has 2 aliphatic rings. The first-order valence-corrected chi connectivity index (χ1v) is 10.8. The fraction of sp³-hybridized carbons (Fsp3) is 0.423. The Morgan fingerprint density at radius 3 is 2.13 bits per heavy atom. The van der Waals surface area contributed by atoms with E-state index in [-0.39, 0.29) is 5.91 Å². The van der Waals surface area contributed by atoms with Crippen LogP contribution >= 0.6 is 0 Å². The van der Waals surface area contributed by atoms with E-state index in [0.717, 1.165) is 36.8 Å². The molecule has 2 fully saturated rings. The first-order valence-electron chi connectivity index (χ1n) is 10.8. The molecule has 1 unspecified atom stereocenters. The lowest BCUT2D eigenvalue weighted by Crippen LogP contribution is -2.56. The fourth-order valence-electron chi connectivity index (χ4n) is 4.88. The number of amides is 1. The van der Waals surface area contributed by atoms with Gasteiger partial charge in [-0.2, -0.15) is 0 Å². The van der Waals surface area contributed by atoms with Gasteiger partial charge in [0.2, 0.25) is 5.91 Å². The van der Waals surface area contributed by atoms with E-state index in [4.69, 9.17) is 9.47 Å². The third kappa shape index (κ3) is 3.82. The molecule has 1 N–H and O–H groups in total. The Labute approximate surface area is 179 Å². The maximum atomic E-state index is 13.8. The van der Waals surface area contributed by atoms with Crippen molar-refractivity contribution in [1.29, 1.82) is 0 Å². The molecule has 0 radical (unpaired) electrons. The lowest BCUT2D eigenvalue weighted by atomic mass is 9.72. The highest BCUT2D eigenvalue weighted by Crippen LogP contribution is 2.45. The molecule has 1 saturated carbocycles. The van der Waals surface area contributed by atoms with Crippen molar-refractivity contribution in [2.75, 3.05) is 13.2 Å². The number of nitrogens with one attached hydrogen (secondary N) is 1. The van der Waals surface area contributed by atoms with E-state index in [1.54, 1.807) is 0 Å². The van der Waals surface area contributed by atoms with Crippen molar-refractivity contribution in [1.82, 2.24) is 5.32 Å². The number of rotatable bonds is 6. The highest BCUT2D eigenvalue weighted by molar-refractivity contribution is 5.88. The first-order chi connectivity index (χ1) is 14.5. The van der Waals surface area contributed by atoms with Gasteiger partial charge in [-0.25, -0.2) is 0 Å². The normalized spacial score (nSPS) is 21.6. The second-order valence-corrected chi connectivity index (χ2v) is 8.70. The molecule has 1 amide bonds. The number of hydrogen-bond acceptors (Lipinski definition) is 3. The molecule has 0 bridgehead atoms. The summed E-state index contributed by atoms with van der Waals surface area (Å²) in [6.45, 7) is 7.21. The van der Waals surface area contributed by atoms with E-state index in [0.29, 0.717) is 19.6 Å². The maximum absolute atomic E-state index is 13.8. The highest BCUT2D eigenvalue weighted by Gasteiger charge is 2.49. The largest absolute Gasteiger partial charge is 0.348 e. The molecule has 30 heavy (non-hydrogen) atoms. The zero-order valence-electron chi connectivity index (χ0n) is 17.7. The number of carbonyl (C=O) groups is 1. The van der Waals surface area contributed by atoms with E-state index in [1.807, 2.05) is 61.5 Å². The van der Waals surface area contributed by atoms with E-state index >= 15 is 0 Å². The maximum Gasteiger partial charge on any atom is 0.231 e. The van der Waals surface area contributed by atoms with Crippen molar-refractivity contribution in [3.8, 4) is 0 Å². The Kier molecular flexibility index (Phi) is 5.81. The van der Waals surface area contributed by atoms with Gasteiger partial charge in [-0.1, -0.05) is 66.7 Å². The monoisotopic (exact) mass is 405 g/mol. The minimum absolute atomic E-state index is 0.0293. The topological polar surface area (TPSA) is 47.6 Å². The molecule has 2 aromatic carbocycles. The quantitative estimate of drug-likeness (QED) is 0.699. The van der Waals surface area contributed by atoms with Crippen LogP contribution < -0.4 is 5.32 Å². The van der Waals surface area contributed by atoms with Crippen LogP contribution in [0.4, 0.5) is 0 Å². The van der Waals surface area contributed by atoms with Crippen LogP contribution in [0.3, 0.4) is 0 Å². The number of hydrogen-bond donors (Lipinski definition) is 1. The Morgan fingerprint density at radius 1 is 1.00 bits per heavy atom. The first kappa shape index (κ1) is 20.8. The van der Waals surface area contributed by atoms with Crippen molar-refractivity contribution in [3.63, 3.8) is 0 Å². The molecule has 158 valence electrons. The molecule has 4 nitrogen and oxygen atoms in total. The van der Waals surface area contributed by atoms with E-state index in [9.17, 15) is 4.79 Å². The molecule has 1 aliphatic carbocycles. The summed E-state index contributed by atoms with van der Waals surface area (Å²) in [5.74, 6) is -0.450. The summed E-state index contributed by atoms with van der Waals surface area (Å²) < 4.78 is 11.9. The molecule has 2 aromatic rings. The van der Waals surface area contributed by atoms with Gasteiger partial charge in [0.15, 0.2) is 5.79 Å². The Hall–Kier alpha value is -2.43.